The molecule has 10 nitrogen and oxygen atoms in total. The molecule has 27 heavy (non-hydrogen) atoms. The summed E-state index contributed by atoms with van der Waals surface area (Å²) >= 11 is 0. The number of esters is 2. The standard InChI is InChI=1S/C16H28NO9P/c1-10(2)15(20)24-11(3)25-27(21)23-9-16(4,5)13(26-27)14(19)17-8-7-12(18)22-6/h10-11,13,21H,7-9H2,1-6H3/p+1/t11?,13-,27?/m0/s1. The Kier molecular flexibility index (Phi) is 8.56. The molecule has 0 spiro atoms. The summed E-state index contributed by atoms with van der Waals surface area (Å²) in [6, 6.07) is 0. The third-order valence-electron chi connectivity index (χ3n) is 3.68. The quantitative estimate of drug-likeness (QED) is 0.346. The van der Waals surface area contributed by atoms with E-state index in [1.54, 1.807) is 27.7 Å². The zero-order valence-electron chi connectivity index (χ0n) is 16.5. The number of ether oxygens (including phenoxy) is 2. The molecule has 3 atom stereocenters. The number of amides is 1. The lowest BCUT2D eigenvalue weighted by Gasteiger charge is -2.36. The molecule has 156 valence electrons. The van der Waals surface area contributed by atoms with Gasteiger partial charge in [0.05, 0.1) is 19.4 Å². The highest BCUT2D eigenvalue weighted by molar-refractivity contribution is 7.55. The van der Waals surface area contributed by atoms with Crippen LogP contribution in [0.3, 0.4) is 0 Å². The van der Waals surface area contributed by atoms with Crippen LogP contribution in [0.2, 0.25) is 0 Å². The minimum atomic E-state index is -3.88. The zero-order valence-corrected chi connectivity index (χ0v) is 17.4. The maximum absolute atomic E-state index is 12.4. The van der Waals surface area contributed by atoms with Crippen LogP contribution < -0.4 is 5.32 Å². The first kappa shape index (κ1) is 23.7. The molecule has 0 aromatic carbocycles. The summed E-state index contributed by atoms with van der Waals surface area (Å²) in [5, 5.41) is 2.56. The van der Waals surface area contributed by atoms with E-state index < -0.39 is 43.8 Å². The molecule has 1 saturated heterocycles. The fraction of sp³-hybridized carbons (Fsp3) is 0.812. The van der Waals surface area contributed by atoms with Gasteiger partial charge in [-0.05, 0) is 0 Å². The van der Waals surface area contributed by atoms with Gasteiger partial charge in [0.1, 0.15) is 6.61 Å². The molecule has 11 heteroatoms. The molecule has 1 fully saturated rings. The van der Waals surface area contributed by atoms with Crippen LogP contribution >= 0.6 is 8.17 Å². The molecule has 1 heterocycles. The van der Waals surface area contributed by atoms with E-state index in [0.29, 0.717) is 0 Å². The van der Waals surface area contributed by atoms with E-state index in [2.05, 4.69) is 10.1 Å². The third-order valence-corrected chi connectivity index (χ3v) is 5.17. The maximum Gasteiger partial charge on any atom is 0.577 e. The SMILES string of the molecule is COC(=O)CCNC(=O)[C@@H]1O[P+](O)(OC(C)OC(=O)C(C)C)OCC1(C)C. The topological polar surface area (TPSA) is 130 Å². The lowest BCUT2D eigenvalue weighted by Crippen LogP contribution is -2.51. The Morgan fingerprint density at radius 2 is 1.93 bits per heavy atom. The number of hydrogen-bond acceptors (Lipinski definition) is 9. The van der Waals surface area contributed by atoms with Gasteiger partial charge in [0.2, 0.25) is 6.29 Å². The lowest BCUT2D eigenvalue weighted by atomic mass is 9.87. The van der Waals surface area contributed by atoms with Crippen molar-refractivity contribution in [3.63, 3.8) is 0 Å². The Hall–Kier alpha value is -1.32. The van der Waals surface area contributed by atoms with Crippen LogP contribution in [0.1, 0.15) is 41.0 Å². The van der Waals surface area contributed by atoms with Gasteiger partial charge in [0.25, 0.3) is 5.91 Å². The average Bonchev–Trinajstić information content (AvgIpc) is 2.56. The van der Waals surface area contributed by atoms with Gasteiger partial charge in [-0.15, -0.1) is 9.05 Å². The monoisotopic (exact) mass is 410 g/mol. The van der Waals surface area contributed by atoms with Crippen molar-refractivity contribution in [1.29, 1.82) is 0 Å². The van der Waals surface area contributed by atoms with Crippen LogP contribution in [0.25, 0.3) is 0 Å². The van der Waals surface area contributed by atoms with Gasteiger partial charge >= 0.3 is 20.1 Å². The van der Waals surface area contributed by atoms with Crippen LogP contribution in [0.15, 0.2) is 0 Å². The number of carbonyl (C=O) groups is 3. The molecule has 0 saturated carbocycles. The normalized spacial score (nSPS) is 25.6. The molecule has 1 amide bonds. The molecule has 2 unspecified atom stereocenters. The predicted octanol–water partition coefficient (Wildman–Crippen LogP) is 1.34. The number of rotatable bonds is 8. The fourth-order valence-electron chi connectivity index (χ4n) is 2.08. The first-order chi connectivity index (χ1) is 12.4. The van der Waals surface area contributed by atoms with E-state index in [9.17, 15) is 19.3 Å². The van der Waals surface area contributed by atoms with E-state index in [1.807, 2.05) is 0 Å². The van der Waals surface area contributed by atoms with Crippen molar-refractivity contribution in [1.82, 2.24) is 5.32 Å². The van der Waals surface area contributed by atoms with E-state index in [0.717, 1.165) is 0 Å². The Morgan fingerprint density at radius 3 is 2.48 bits per heavy atom. The summed E-state index contributed by atoms with van der Waals surface area (Å²) in [5.41, 5.74) is -0.761. The number of carbonyl (C=O) groups excluding carboxylic acids is 3. The Morgan fingerprint density at radius 1 is 1.30 bits per heavy atom. The smallest absolute Gasteiger partial charge is 0.469 e. The summed E-state index contributed by atoms with van der Waals surface area (Å²) < 4.78 is 25.6. The molecule has 1 aliphatic rings. The second-order valence-electron chi connectivity index (χ2n) is 7.10. The van der Waals surface area contributed by atoms with Gasteiger partial charge in [-0.25, -0.2) is 0 Å². The number of methoxy groups -OCH3 is 1. The molecule has 0 bridgehead atoms. The van der Waals surface area contributed by atoms with Crippen LogP contribution in [0.4, 0.5) is 0 Å². The highest BCUT2D eigenvalue weighted by Gasteiger charge is 2.60. The molecule has 0 aliphatic carbocycles. The van der Waals surface area contributed by atoms with Gasteiger partial charge in [-0.3, -0.25) is 14.4 Å². The Balaban J connectivity index is 2.71. The Bertz CT molecular complexity index is 554. The van der Waals surface area contributed by atoms with Gasteiger partial charge in [0.15, 0.2) is 6.10 Å². The van der Waals surface area contributed by atoms with Crippen molar-refractivity contribution >= 4 is 26.0 Å². The summed E-state index contributed by atoms with van der Waals surface area (Å²) in [6.07, 6.45) is -2.21. The van der Waals surface area contributed by atoms with E-state index in [-0.39, 0.29) is 25.5 Å². The minimum Gasteiger partial charge on any atom is -0.469 e. The molecule has 2 N–H and O–H groups in total. The molecule has 0 aromatic heterocycles. The lowest BCUT2D eigenvalue weighted by molar-refractivity contribution is -0.175. The molecule has 1 aliphatic heterocycles. The first-order valence-corrected chi connectivity index (χ1v) is 10.1. The zero-order chi connectivity index (χ0) is 20.8. The summed E-state index contributed by atoms with van der Waals surface area (Å²) in [7, 11) is -2.63. The van der Waals surface area contributed by atoms with E-state index >= 15 is 0 Å². The van der Waals surface area contributed by atoms with Crippen LogP contribution in [0.5, 0.6) is 0 Å². The van der Waals surface area contributed by atoms with Gasteiger partial charge in [-0.1, -0.05) is 27.7 Å². The highest BCUT2D eigenvalue weighted by atomic mass is 31.2. The minimum absolute atomic E-state index is 0.00396. The van der Waals surface area contributed by atoms with Gasteiger partial charge in [0, 0.05) is 18.9 Å². The van der Waals surface area contributed by atoms with Crippen LogP contribution in [-0.2, 0) is 37.4 Å². The van der Waals surface area contributed by atoms with E-state index in [4.69, 9.17) is 18.3 Å². The molecule has 1 rings (SSSR count). The average molecular weight is 410 g/mol. The van der Waals surface area contributed by atoms with Crippen LogP contribution in [0, 0.1) is 11.3 Å². The summed E-state index contributed by atoms with van der Waals surface area (Å²) in [4.78, 5) is 45.7. The van der Waals surface area contributed by atoms with Gasteiger partial charge < -0.3 is 14.8 Å². The van der Waals surface area contributed by atoms with Crippen molar-refractivity contribution in [2.45, 2.75) is 53.4 Å². The van der Waals surface area contributed by atoms with Crippen molar-refractivity contribution < 1.29 is 42.3 Å². The first-order valence-electron chi connectivity index (χ1n) is 8.58. The second-order valence-corrected chi connectivity index (χ2v) is 8.71. The molecular weight excluding hydrogens is 381 g/mol. The second kappa shape index (κ2) is 9.75. The molecular formula is C16H29NO9P+. The van der Waals surface area contributed by atoms with E-state index in [1.165, 1.54) is 14.0 Å². The maximum atomic E-state index is 12.4. The van der Waals surface area contributed by atoms with Gasteiger partial charge in [-0.2, -0.15) is 9.42 Å². The van der Waals surface area contributed by atoms with Crippen molar-refractivity contribution in [3.8, 4) is 0 Å². The molecule has 0 aromatic rings. The highest BCUT2D eigenvalue weighted by Crippen LogP contribution is 2.64. The number of hydrogen-bond donors (Lipinski definition) is 2. The fourth-order valence-corrected chi connectivity index (χ4v) is 3.81. The summed E-state index contributed by atoms with van der Waals surface area (Å²) in [6.45, 7) is 8.22. The van der Waals surface area contributed by atoms with Crippen molar-refractivity contribution in [3.05, 3.63) is 0 Å². The Labute approximate surface area is 159 Å². The predicted molar refractivity (Wildman–Crippen MR) is 94.9 cm³/mol. The molecule has 0 radical (unpaired) electrons. The summed E-state index contributed by atoms with van der Waals surface area (Å²) in [5.74, 6) is -1.87. The number of nitrogens with one attached hydrogen (secondary N) is 1. The van der Waals surface area contributed by atoms with Crippen molar-refractivity contribution in [2.24, 2.45) is 11.3 Å². The third kappa shape index (κ3) is 7.31. The largest absolute Gasteiger partial charge is 0.577 e. The van der Waals surface area contributed by atoms with Crippen LogP contribution in [-0.4, -0.2) is 55.4 Å². The van der Waals surface area contributed by atoms with Crippen molar-refractivity contribution in [2.75, 3.05) is 20.3 Å².